The van der Waals surface area contributed by atoms with Crippen molar-refractivity contribution in [3.05, 3.63) is 71.1 Å². The van der Waals surface area contributed by atoms with E-state index in [9.17, 15) is 22.0 Å². The molecule has 210 valence electrons. The van der Waals surface area contributed by atoms with Crippen molar-refractivity contribution in [3.8, 4) is 17.0 Å². The molecule has 40 heavy (non-hydrogen) atoms. The maximum atomic E-state index is 15.6. The number of nitrogens with one attached hydrogen (secondary N) is 2. The van der Waals surface area contributed by atoms with Crippen molar-refractivity contribution in [2.45, 2.75) is 23.1 Å². The maximum Gasteiger partial charge on any atom is 0.270 e. The van der Waals surface area contributed by atoms with Crippen LogP contribution in [0.3, 0.4) is 0 Å². The van der Waals surface area contributed by atoms with Gasteiger partial charge in [0.15, 0.2) is 15.7 Å². The fourth-order valence-corrected chi connectivity index (χ4v) is 6.22. The average Bonchev–Trinajstić information content (AvgIpc) is 3.52. The number of methoxy groups -OCH3 is 1. The molecule has 0 saturated carbocycles. The lowest BCUT2D eigenvalue weighted by molar-refractivity contribution is 0.0935. The largest absolute Gasteiger partial charge is 0.480 e. The highest BCUT2D eigenvalue weighted by Crippen LogP contribution is 2.34. The lowest BCUT2D eigenvalue weighted by atomic mass is 9.99. The van der Waals surface area contributed by atoms with Crippen LogP contribution < -0.4 is 10.1 Å². The van der Waals surface area contributed by atoms with E-state index in [1.807, 2.05) is 7.05 Å². The molecular weight excluding hydrogens is 554 g/mol. The second-order valence-electron chi connectivity index (χ2n) is 9.49. The molecule has 0 radical (unpaired) electrons. The molecule has 1 atom stereocenters. The Bertz CT molecular complexity index is 1740. The van der Waals surface area contributed by atoms with E-state index < -0.39 is 72.2 Å². The van der Waals surface area contributed by atoms with Gasteiger partial charge in [0.1, 0.15) is 33.6 Å². The van der Waals surface area contributed by atoms with E-state index in [0.717, 1.165) is 38.4 Å². The summed E-state index contributed by atoms with van der Waals surface area (Å²) in [5, 5.41) is 9.38. The van der Waals surface area contributed by atoms with Gasteiger partial charge in [0.2, 0.25) is 5.88 Å². The minimum atomic E-state index is -4.47. The van der Waals surface area contributed by atoms with Crippen LogP contribution in [0.25, 0.3) is 22.0 Å². The summed E-state index contributed by atoms with van der Waals surface area (Å²) in [5.74, 6) is -6.24. The summed E-state index contributed by atoms with van der Waals surface area (Å²) in [6.45, 7) is 1.48. The van der Waals surface area contributed by atoms with Gasteiger partial charge >= 0.3 is 0 Å². The zero-order chi connectivity index (χ0) is 28.8. The van der Waals surface area contributed by atoms with Gasteiger partial charge in [0.25, 0.3) is 5.91 Å². The van der Waals surface area contributed by atoms with Gasteiger partial charge in [-0.1, -0.05) is 6.07 Å². The third-order valence-electron chi connectivity index (χ3n) is 6.68. The van der Waals surface area contributed by atoms with E-state index in [0.29, 0.717) is 18.7 Å². The van der Waals surface area contributed by atoms with Gasteiger partial charge < -0.3 is 15.0 Å². The number of aromatic nitrogens is 3. The van der Waals surface area contributed by atoms with Crippen LogP contribution in [0.2, 0.25) is 0 Å². The summed E-state index contributed by atoms with van der Waals surface area (Å²) in [5.41, 5.74) is -1.84. The Hall–Kier alpha value is -4.04. The van der Waals surface area contributed by atoms with Gasteiger partial charge in [-0.3, -0.25) is 9.89 Å². The molecule has 2 aromatic heterocycles. The molecule has 0 bridgehead atoms. The Morgan fingerprint density at radius 1 is 1.12 bits per heavy atom. The molecule has 1 saturated heterocycles. The summed E-state index contributed by atoms with van der Waals surface area (Å²) in [4.78, 5) is 17.7. The molecule has 2 N–H and O–H groups in total. The smallest absolute Gasteiger partial charge is 0.270 e. The second kappa shape index (κ2) is 10.5. The molecule has 1 amide bonds. The Labute approximate surface area is 226 Å². The zero-order valence-electron chi connectivity index (χ0n) is 21.3. The van der Waals surface area contributed by atoms with Crippen molar-refractivity contribution >= 4 is 26.6 Å². The number of rotatable bonds is 7. The van der Waals surface area contributed by atoms with Gasteiger partial charge in [-0.15, -0.1) is 0 Å². The molecule has 2 aromatic carbocycles. The van der Waals surface area contributed by atoms with E-state index >= 15 is 8.78 Å². The predicted octanol–water partition coefficient (Wildman–Crippen LogP) is 3.60. The van der Waals surface area contributed by atoms with Gasteiger partial charge in [-0.25, -0.2) is 31.0 Å². The number of pyridine rings is 1. The lowest BCUT2D eigenvalue weighted by Crippen LogP contribution is -2.36. The normalized spacial score (nSPS) is 16.0. The molecule has 5 rings (SSSR count). The first kappa shape index (κ1) is 27.5. The molecule has 3 heterocycles. The van der Waals surface area contributed by atoms with Crippen LogP contribution in [0.1, 0.15) is 22.5 Å². The number of aromatic amines is 1. The van der Waals surface area contributed by atoms with Crippen LogP contribution in [0.5, 0.6) is 5.88 Å². The highest BCUT2D eigenvalue weighted by Gasteiger charge is 2.28. The van der Waals surface area contributed by atoms with Crippen LogP contribution in [-0.2, 0) is 15.6 Å². The molecule has 0 spiro atoms. The van der Waals surface area contributed by atoms with Crippen molar-refractivity contribution in [2.75, 3.05) is 27.2 Å². The van der Waals surface area contributed by atoms with Gasteiger partial charge in [-0.2, -0.15) is 5.10 Å². The standard InChI is InChI=1S/C26H23F4N5O4S/c1-35-6-5-16(11-35)32-25(36)24-18-4-3-17(22(30)23(18)33-34-24)19-8-14(27)7-13(21(19)29)12-40(37,38)20-9-15(28)10-31-26(20)39-2/h3-4,7-10,16H,5-6,11-12H2,1-2H3,(H,32,36)(H,33,34)/t16-/m0/s1. The van der Waals surface area contributed by atoms with Crippen LogP contribution in [0.4, 0.5) is 17.6 Å². The number of carbonyl (C=O) groups excluding carboxylic acids is 1. The van der Waals surface area contributed by atoms with Crippen molar-refractivity contribution in [2.24, 2.45) is 0 Å². The summed E-state index contributed by atoms with van der Waals surface area (Å²) >= 11 is 0. The number of nitrogens with zero attached hydrogens (tertiary/aromatic N) is 3. The van der Waals surface area contributed by atoms with Crippen molar-refractivity contribution in [3.63, 3.8) is 0 Å². The van der Waals surface area contributed by atoms with Crippen LogP contribution in [0, 0.1) is 23.3 Å². The molecule has 1 aliphatic rings. The number of halogens is 4. The first-order valence-electron chi connectivity index (χ1n) is 12.0. The number of hydrogen-bond donors (Lipinski definition) is 2. The van der Waals surface area contributed by atoms with Crippen LogP contribution in [-0.4, -0.2) is 67.7 Å². The number of sulfone groups is 1. The topological polar surface area (TPSA) is 117 Å². The first-order valence-corrected chi connectivity index (χ1v) is 13.7. The summed E-state index contributed by atoms with van der Waals surface area (Å²) in [6, 6.07) is 4.45. The first-order chi connectivity index (χ1) is 19.0. The Morgan fingerprint density at radius 2 is 1.90 bits per heavy atom. The number of H-pyrrole nitrogens is 1. The van der Waals surface area contributed by atoms with E-state index in [2.05, 4.69) is 25.4 Å². The minimum absolute atomic E-state index is 0.0131. The number of likely N-dealkylation sites (tertiary alicyclic amines) is 1. The van der Waals surface area contributed by atoms with Gasteiger partial charge in [0.05, 0.1) is 19.1 Å². The van der Waals surface area contributed by atoms with Crippen molar-refractivity contribution in [1.29, 1.82) is 0 Å². The Morgan fingerprint density at radius 3 is 2.60 bits per heavy atom. The third-order valence-corrected chi connectivity index (χ3v) is 8.33. The zero-order valence-corrected chi connectivity index (χ0v) is 22.1. The number of amides is 1. The number of ether oxygens (including phenoxy) is 1. The molecule has 1 fully saturated rings. The number of benzene rings is 2. The third kappa shape index (κ3) is 5.11. The average molecular weight is 578 g/mol. The molecule has 14 heteroatoms. The maximum absolute atomic E-state index is 15.6. The summed E-state index contributed by atoms with van der Waals surface area (Å²) < 4.78 is 90.4. The molecule has 1 aliphatic heterocycles. The molecule has 0 aliphatic carbocycles. The van der Waals surface area contributed by atoms with E-state index in [4.69, 9.17) is 4.74 Å². The number of likely N-dealkylation sites (N-methyl/N-ethyl adjacent to an activating group) is 1. The monoisotopic (exact) mass is 577 g/mol. The molecule has 4 aromatic rings. The SMILES string of the molecule is COc1ncc(F)cc1S(=O)(=O)Cc1cc(F)cc(-c2ccc3c(C(=O)N[C@H]4CCN(C)C4)[nH]nc3c2F)c1F. The predicted molar refractivity (Wildman–Crippen MR) is 136 cm³/mol. The van der Waals surface area contributed by atoms with Gasteiger partial charge in [0, 0.05) is 34.7 Å². The molecule has 9 nitrogen and oxygen atoms in total. The molecular formula is C26H23F4N5O4S. The fraction of sp³-hybridized carbons (Fsp3) is 0.269. The number of fused-ring (bicyclic) bond motifs is 1. The van der Waals surface area contributed by atoms with Crippen molar-refractivity contribution < 1.29 is 35.5 Å². The number of carbonyl (C=O) groups is 1. The van der Waals surface area contributed by atoms with Crippen molar-refractivity contribution in [1.82, 2.24) is 25.4 Å². The molecule has 0 unspecified atom stereocenters. The summed E-state index contributed by atoms with van der Waals surface area (Å²) in [6.07, 6.45) is 1.50. The van der Waals surface area contributed by atoms with E-state index in [-0.39, 0.29) is 22.6 Å². The Balaban J connectivity index is 1.50. The van der Waals surface area contributed by atoms with Gasteiger partial charge in [-0.05, 0) is 44.3 Å². The number of hydrogen-bond acceptors (Lipinski definition) is 7. The lowest BCUT2D eigenvalue weighted by Gasteiger charge is -2.13. The highest BCUT2D eigenvalue weighted by molar-refractivity contribution is 7.90. The van der Waals surface area contributed by atoms with Crippen LogP contribution >= 0.6 is 0 Å². The minimum Gasteiger partial charge on any atom is -0.480 e. The second-order valence-corrected chi connectivity index (χ2v) is 11.4. The highest BCUT2D eigenvalue weighted by atomic mass is 32.2. The fourth-order valence-electron chi connectivity index (χ4n) is 4.75. The quantitative estimate of drug-likeness (QED) is 0.323. The van der Waals surface area contributed by atoms with E-state index in [1.54, 1.807) is 0 Å². The van der Waals surface area contributed by atoms with E-state index in [1.165, 1.54) is 6.07 Å². The Kier molecular flexibility index (Phi) is 7.23. The summed E-state index contributed by atoms with van der Waals surface area (Å²) in [7, 11) is -1.43. The van der Waals surface area contributed by atoms with Crippen LogP contribution in [0.15, 0.2) is 41.4 Å².